The van der Waals surface area contributed by atoms with Crippen LogP contribution in [0.25, 0.3) is 0 Å². The van der Waals surface area contributed by atoms with E-state index in [-0.39, 0.29) is 38.4 Å². The number of anilines is 4. The molecule has 8 nitrogen and oxygen atoms in total. The van der Waals surface area contributed by atoms with E-state index in [1.165, 1.54) is 12.8 Å². The number of benzene rings is 1. The first-order chi connectivity index (χ1) is 19.1. The SMILES string of the molecule is Cc1cc(NC(=O)c2ccc(NS(=O)C3(CO)CC3)cc2N2CCC3(CC2)CC3)nc(N2CCC(F)(F)CC2)c1. The number of nitrogens with zero attached hydrogens (tertiary/aromatic N) is 3. The van der Waals surface area contributed by atoms with E-state index in [2.05, 4.69) is 19.9 Å². The van der Waals surface area contributed by atoms with Crippen molar-refractivity contribution >= 4 is 39.9 Å². The Hall–Kier alpha value is -2.79. The Labute approximate surface area is 236 Å². The maximum absolute atomic E-state index is 13.7. The molecule has 2 saturated carbocycles. The lowest BCUT2D eigenvalue weighted by Gasteiger charge is -2.35. The number of aliphatic hydroxyl groups excluding tert-OH is 1. The summed E-state index contributed by atoms with van der Waals surface area (Å²) in [5.74, 6) is -2.00. The number of rotatable bonds is 8. The maximum Gasteiger partial charge on any atom is 0.258 e. The smallest absolute Gasteiger partial charge is 0.258 e. The summed E-state index contributed by atoms with van der Waals surface area (Å²) in [6, 6.07) is 9.01. The van der Waals surface area contributed by atoms with Crippen molar-refractivity contribution in [3.63, 3.8) is 0 Å². The molecule has 1 amide bonds. The first-order valence-corrected chi connectivity index (χ1v) is 15.4. The summed E-state index contributed by atoms with van der Waals surface area (Å²) in [5.41, 5.74) is 3.26. The number of piperidine rings is 2. The third-order valence-electron chi connectivity index (χ3n) is 9.08. The van der Waals surface area contributed by atoms with Gasteiger partial charge in [0, 0.05) is 44.7 Å². The predicted molar refractivity (Wildman–Crippen MR) is 154 cm³/mol. The molecular formula is C29H37F2N5O3S. The van der Waals surface area contributed by atoms with Gasteiger partial charge in [0.05, 0.1) is 22.6 Å². The fourth-order valence-electron chi connectivity index (χ4n) is 5.83. The van der Waals surface area contributed by atoms with E-state index >= 15 is 0 Å². The first-order valence-electron chi connectivity index (χ1n) is 14.2. The first kappa shape index (κ1) is 27.4. The fourth-order valence-corrected chi connectivity index (χ4v) is 6.97. The van der Waals surface area contributed by atoms with Crippen LogP contribution in [-0.4, -0.2) is 63.7 Å². The van der Waals surface area contributed by atoms with Crippen LogP contribution in [0.1, 0.15) is 67.3 Å². The van der Waals surface area contributed by atoms with E-state index in [9.17, 15) is 22.9 Å². The molecule has 1 aromatic heterocycles. The van der Waals surface area contributed by atoms with E-state index < -0.39 is 21.7 Å². The summed E-state index contributed by atoms with van der Waals surface area (Å²) in [5, 5.41) is 12.6. The van der Waals surface area contributed by atoms with Gasteiger partial charge in [0.15, 0.2) is 0 Å². The molecule has 2 aliphatic heterocycles. The van der Waals surface area contributed by atoms with Crippen LogP contribution in [0.15, 0.2) is 30.3 Å². The van der Waals surface area contributed by atoms with Crippen molar-refractivity contribution < 1.29 is 22.9 Å². The number of halogens is 2. The number of carbonyl (C=O) groups is 1. The van der Waals surface area contributed by atoms with Crippen molar-refractivity contribution in [2.45, 2.75) is 69.0 Å². The number of aromatic nitrogens is 1. The molecule has 11 heteroatoms. The van der Waals surface area contributed by atoms with Crippen molar-refractivity contribution in [2.24, 2.45) is 5.41 Å². The number of alkyl halides is 2. The third-order valence-corrected chi connectivity index (χ3v) is 10.8. The molecule has 216 valence electrons. The van der Waals surface area contributed by atoms with Gasteiger partial charge in [-0.15, -0.1) is 0 Å². The number of carbonyl (C=O) groups excluding carboxylic acids is 1. The van der Waals surface area contributed by atoms with Crippen molar-refractivity contribution in [2.75, 3.05) is 52.6 Å². The van der Waals surface area contributed by atoms with Gasteiger partial charge in [-0.1, -0.05) is 0 Å². The lowest BCUT2D eigenvalue weighted by molar-refractivity contribution is -0.0221. The molecule has 2 aliphatic carbocycles. The van der Waals surface area contributed by atoms with Gasteiger partial charge in [0.25, 0.3) is 11.8 Å². The van der Waals surface area contributed by atoms with Gasteiger partial charge in [-0.25, -0.2) is 18.0 Å². The highest BCUT2D eigenvalue weighted by molar-refractivity contribution is 7.88. The fraction of sp³-hybridized carbons (Fsp3) is 0.586. The molecule has 0 radical (unpaired) electrons. The lowest BCUT2D eigenvalue weighted by atomic mass is 9.93. The largest absolute Gasteiger partial charge is 0.395 e. The molecule has 40 heavy (non-hydrogen) atoms. The second kappa shape index (κ2) is 10.2. The van der Waals surface area contributed by atoms with Crippen LogP contribution in [0, 0.1) is 12.3 Å². The number of amides is 1. The van der Waals surface area contributed by atoms with E-state index in [0.29, 0.717) is 28.3 Å². The number of nitrogens with one attached hydrogen (secondary N) is 2. The zero-order valence-electron chi connectivity index (χ0n) is 22.8. The number of aryl methyl sites for hydroxylation is 1. The summed E-state index contributed by atoms with van der Waals surface area (Å²) >= 11 is 0. The van der Waals surface area contributed by atoms with Crippen molar-refractivity contribution in [1.82, 2.24) is 4.98 Å². The number of pyridine rings is 1. The summed E-state index contributed by atoms with van der Waals surface area (Å²) < 4.78 is 42.7. The Morgan fingerprint density at radius 1 is 0.975 bits per heavy atom. The van der Waals surface area contributed by atoms with E-state index in [1.54, 1.807) is 18.2 Å². The number of hydrogen-bond donors (Lipinski definition) is 3. The Morgan fingerprint density at radius 3 is 2.27 bits per heavy atom. The lowest BCUT2D eigenvalue weighted by Crippen LogP contribution is -2.39. The van der Waals surface area contributed by atoms with Crippen LogP contribution in [0.3, 0.4) is 0 Å². The van der Waals surface area contributed by atoms with Gasteiger partial charge >= 0.3 is 0 Å². The monoisotopic (exact) mass is 573 g/mol. The molecular weight excluding hydrogens is 536 g/mol. The standard InChI is InChI=1S/C29H37F2N5O3S/c1-20-16-24(32-25(17-20)36-14-10-29(30,31)11-15-36)33-26(38)22-3-2-21(34-40(39)28(19-37)6-7-28)18-23(22)35-12-8-27(4-5-27)9-13-35/h2-3,16-18,34,37H,4-15,19H2,1H3,(H,32,33,38). The van der Waals surface area contributed by atoms with Gasteiger partial charge in [0.1, 0.15) is 22.6 Å². The van der Waals surface area contributed by atoms with Crippen LogP contribution in [-0.2, 0) is 11.0 Å². The average molecular weight is 574 g/mol. The molecule has 3 N–H and O–H groups in total. The summed E-state index contributed by atoms with van der Waals surface area (Å²) in [4.78, 5) is 22.3. The normalized spacial score (nSPS) is 23.0. The van der Waals surface area contributed by atoms with Gasteiger partial charge in [-0.3, -0.25) is 4.79 Å². The molecule has 4 fully saturated rings. The second-order valence-corrected chi connectivity index (χ2v) is 13.7. The Bertz CT molecular complexity index is 1310. The summed E-state index contributed by atoms with van der Waals surface area (Å²) in [7, 11) is -1.43. The molecule has 1 unspecified atom stereocenters. The van der Waals surface area contributed by atoms with Gasteiger partial charge < -0.3 is 24.9 Å². The van der Waals surface area contributed by atoms with Crippen molar-refractivity contribution in [3.05, 3.63) is 41.5 Å². The summed E-state index contributed by atoms with van der Waals surface area (Å²) in [6.07, 6.45) is 5.73. The molecule has 6 rings (SSSR count). The highest BCUT2D eigenvalue weighted by Crippen LogP contribution is 2.54. The van der Waals surface area contributed by atoms with Crippen LogP contribution in [0.5, 0.6) is 0 Å². The number of hydrogen-bond acceptors (Lipinski definition) is 6. The van der Waals surface area contributed by atoms with Crippen LogP contribution < -0.4 is 19.8 Å². The second-order valence-electron chi connectivity index (χ2n) is 12.1. The van der Waals surface area contributed by atoms with E-state index in [4.69, 9.17) is 0 Å². The van der Waals surface area contributed by atoms with Crippen LogP contribution in [0.4, 0.5) is 31.8 Å². The van der Waals surface area contributed by atoms with Gasteiger partial charge in [0.2, 0.25) is 0 Å². The highest BCUT2D eigenvalue weighted by atomic mass is 32.2. The number of aliphatic hydroxyl groups is 1. The van der Waals surface area contributed by atoms with Crippen molar-refractivity contribution in [3.8, 4) is 0 Å². The minimum absolute atomic E-state index is 0.125. The Kier molecular flexibility index (Phi) is 7.01. The molecule has 4 aliphatic rings. The Morgan fingerprint density at radius 2 is 1.65 bits per heavy atom. The van der Waals surface area contributed by atoms with Crippen LogP contribution >= 0.6 is 0 Å². The molecule has 1 atom stereocenters. The molecule has 2 aromatic rings. The molecule has 2 saturated heterocycles. The molecule has 3 heterocycles. The summed E-state index contributed by atoms with van der Waals surface area (Å²) in [6.45, 7) is 3.89. The molecule has 1 aromatic carbocycles. The molecule has 1 spiro atoms. The van der Waals surface area contributed by atoms with E-state index in [1.807, 2.05) is 24.0 Å². The predicted octanol–water partition coefficient (Wildman–Crippen LogP) is 4.86. The highest BCUT2D eigenvalue weighted by Gasteiger charge is 2.49. The minimum Gasteiger partial charge on any atom is -0.395 e. The van der Waals surface area contributed by atoms with Gasteiger partial charge in [-0.05, 0) is 86.8 Å². The Balaban J connectivity index is 1.23. The van der Waals surface area contributed by atoms with E-state index in [0.717, 1.165) is 50.0 Å². The average Bonchev–Trinajstić information content (AvgIpc) is 3.86. The topological polar surface area (TPSA) is 97.8 Å². The minimum atomic E-state index is -2.65. The maximum atomic E-state index is 13.7. The van der Waals surface area contributed by atoms with Crippen molar-refractivity contribution in [1.29, 1.82) is 0 Å². The van der Waals surface area contributed by atoms with Gasteiger partial charge in [-0.2, -0.15) is 0 Å². The zero-order valence-corrected chi connectivity index (χ0v) is 23.7. The van der Waals surface area contributed by atoms with Crippen LogP contribution in [0.2, 0.25) is 0 Å². The molecule has 0 bridgehead atoms. The quantitative estimate of drug-likeness (QED) is 0.418. The third kappa shape index (κ3) is 5.68. The zero-order chi connectivity index (χ0) is 28.1.